The Morgan fingerprint density at radius 3 is 2.38 bits per heavy atom. The normalized spacial score (nSPS) is 10.6. The molecule has 4 aromatic rings. The van der Waals surface area contributed by atoms with Crippen molar-refractivity contribution < 1.29 is 9.53 Å². The molecule has 0 aliphatic rings. The van der Waals surface area contributed by atoms with Crippen molar-refractivity contribution in [3.8, 4) is 11.5 Å². The van der Waals surface area contributed by atoms with E-state index in [4.69, 9.17) is 4.74 Å². The highest BCUT2D eigenvalue weighted by atomic mass is 16.5. The number of nitrogens with zero attached hydrogens (tertiary/aromatic N) is 1. The third-order valence-electron chi connectivity index (χ3n) is 4.38. The third-order valence-corrected chi connectivity index (χ3v) is 4.38. The number of para-hydroxylation sites is 3. The van der Waals surface area contributed by atoms with E-state index in [0.717, 1.165) is 5.75 Å². The van der Waals surface area contributed by atoms with Crippen LogP contribution in [0.25, 0.3) is 11.0 Å². The van der Waals surface area contributed by atoms with Crippen LogP contribution >= 0.6 is 0 Å². The molecule has 0 fully saturated rings. The summed E-state index contributed by atoms with van der Waals surface area (Å²) in [5.41, 5.74) is 2.14. The number of carbonyl (C=O) groups is 1. The average Bonchev–Trinajstić information content (AvgIpc) is 2.74. The number of benzene rings is 3. The van der Waals surface area contributed by atoms with E-state index in [1.54, 1.807) is 30.3 Å². The molecule has 0 saturated heterocycles. The number of H-pyrrole nitrogens is 1. The fourth-order valence-electron chi connectivity index (χ4n) is 2.92. The van der Waals surface area contributed by atoms with Gasteiger partial charge in [0, 0.05) is 18.5 Å². The Balaban J connectivity index is 1.35. The Labute approximate surface area is 167 Å². The van der Waals surface area contributed by atoms with Gasteiger partial charge in [-0.15, -0.1) is 0 Å². The lowest BCUT2D eigenvalue weighted by Gasteiger charge is -2.08. The number of amides is 1. The van der Waals surface area contributed by atoms with Crippen LogP contribution in [-0.4, -0.2) is 15.9 Å². The smallest absolute Gasteiger partial charge is 0.270 e. The molecule has 0 unspecified atom stereocenters. The number of aromatic nitrogens is 2. The van der Waals surface area contributed by atoms with Crippen molar-refractivity contribution in [2.75, 3.05) is 5.32 Å². The lowest BCUT2D eigenvalue weighted by atomic mass is 10.2. The van der Waals surface area contributed by atoms with Gasteiger partial charge in [0.15, 0.2) is 0 Å². The Morgan fingerprint density at radius 2 is 1.59 bits per heavy atom. The molecule has 1 aromatic heterocycles. The number of rotatable bonds is 6. The number of anilines is 1. The Hall–Kier alpha value is -3.93. The lowest BCUT2D eigenvalue weighted by molar-refractivity contribution is -0.116. The van der Waals surface area contributed by atoms with Crippen LogP contribution in [0.3, 0.4) is 0 Å². The van der Waals surface area contributed by atoms with E-state index in [2.05, 4.69) is 15.3 Å². The maximum absolute atomic E-state index is 12.3. The molecule has 0 radical (unpaired) electrons. The zero-order valence-electron chi connectivity index (χ0n) is 15.6. The van der Waals surface area contributed by atoms with Crippen LogP contribution in [0.15, 0.2) is 83.7 Å². The van der Waals surface area contributed by atoms with Gasteiger partial charge in [-0.3, -0.25) is 9.59 Å². The van der Waals surface area contributed by atoms with E-state index < -0.39 is 0 Å². The largest absolute Gasteiger partial charge is 0.457 e. The minimum absolute atomic E-state index is 0.163. The first-order valence-electron chi connectivity index (χ1n) is 9.28. The first kappa shape index (κ1) is 18.4. The Kier molecular flexibility index (Phi) is 5.33. The molecular formula is C23H19N3O3. The van der Waals surface area contributed by atoms with Gasteiger partial charge in [-0.25, -0.2) is 4.98 Å². The van der Waals surface area contributed by atoms with Gasteiger partial charge < -0.3 is 15.0 Å². The van der Waals surface area contributed by atoms with E-state index in [-0.39, 0.29) is 24.3 Å². The SMILES string of the molecule is O=C(CCc1nc2ccccc2[nH]c1=O)Nc1ccc(Oc2ccccc2)cc1. The minimum atomic E-state index is -0.265. The molecule has 2 N–H and O–H groups in total. The number of carbonyl (C=O) groups excluding carboxylic acids is 1. The first-order valence-corrected chi connectivity index (χ1v) is 9.28. The highest BCUT2D eigenvalue weighted by molar-refractivity contribution is 5.90. The maximum Gasteiger partial charge on any atom is 0.270 e. The molecule has 144 valence electrons. The van der Waals surface area contributed by atoms with Gasteiger partial charge in [0.1, 0.15) is 17.2 Å². The van der Waals surface area contributed by atoms with E-state index >= 15 is 0 Å². The van der Waals surface area contributed by atoms with E-state index in [9.17, 15) is 9.59 Å². The second-order valence-electron chi connectivity index (χ2n) is 6.52. The topological polar surface area (TPSA) is 84.1 Å². The fraction of sp³-hybridized carbons (Fsp3) is 0.0870. The number of nitrogens with one attached hydrogen (secondary N) is 2. The van der Waals surface area contributed by atoms with Gasteiger partial charge in [-0.2, -0.15) is 0 Å². The van der Waals surface area contributed by atoms with Gasteiger partial charge >= 0.3 is 0 Å². The molecule has 0 aliphatic heterocycles. The summed E-state index contributed by atoms with van der Waals surface area (Å²) in [4.78, 5) is 31.5. The molecular weight excluding hydrogens is 366 g/mol. The van der Waals surface area contributed by atoms with Crippen molar-refractivity contribution in [3.63, 3.8) is 0 Å². The van der Waals surface area contributed by atoms with Gasteiger partial charge in [0.25, 0.3) is 5.56 Å². The predicted molar refractivity (Wildman–Crippen MR) is 112 cm³/mol. The van der Waals surface area contributed by atoms with Crippen LogP contribution in [0.2, 0.25) is 0 Å². The zero-order valence-corrected chi connectivity index (χ0v) is 15.6. The summed E-state index contributed by atoms with van der Waals surface area (Å²) in [6, 6.07) is 23.9. The Morgan fingerprint density at radius 1 is 0.897 bits per heavy atom. The van der Waals surface area contributed by atoms with Crippen molar-refractivity contribution in [3.05, 3.63) is 94.9 Å². The van der Waals surface area contributed by atoms with Crippen LogP contribution < -0.4 is 15.6 Å². The van der Waals surface area contributed by atoms with Crippen molar-refractivity contribution in [1.82, 2.24) is 9.97 Å². The Bertz CT molecular complexity index is 1190. The second kappa shape index (κ2) is 8.39. The second-order valence-corrected chi connectivity index (χ2v) is 6.52. The number of hydrogen-bond acceptors (Lipinski definition) is 4. The summed E-state index contributed by atoms with van der Waals surface area (Å²) in [6.07, 6.45) is 0.428. The van der Waals surface area contributed by atoms with Crippen LogP contribution in [0.1, 0.15) is 12.1 Å². The molecule has 0 aliphatic carbocycles. The van der Waals surface area contributed by atoms with Gasteiger partial charge in [-0.1, -0.05) is 30.3 Å². The zero-order chi connectivity index (χ0) is 20.1. The van der Waals surface area contributed by atoms with Gasteiger partial charge in [0.2, 0.25) is 5.91 Å². The third kappa shape index (κ3) is 4.68. The molecule has 1 amide bonds. The number of fused-ring (bicyclic) bond motifs is 1. The molecule has 0 spiro atoms. The summed E-state index contributed by atoms with van der Waals surface area (Å²) >= 11 is 0. The summed E-state index contributed by atoms with van der Waals surface area (Å²) in [7, 11) is 0. The fourth-order valence-corrected chi connectivity index (χ4v) is 2.92. The van der Waals surface area contributed by atoms with E-state index in [1.807, 2.05) is 48.5 Å². The summed E-state index contributed by atoms with van der Waals surface area (Å²) in [6.45, 7) is 0. The van der Waals surface area contributed by atoms with Crippen molar-refractivity contribution in [2.24, 2.45) is 0 Å². The molecule has 0 saturated carbocycles. The monoisotopic (exact) mass is 385 g/mol. The standard InChI is InChI=1S/C23H19N3O3/c27-22(15-14-21-23(28)26-20-9-5-4-8-19(20)25-21)24-16-10-12-18(13-11-16)29-17-6-2-1-3-7-17/h1-13H,14-15H2,(H,24,27)(H,26,28). The summed E-state index contributed by atoms with van der Waals surface area (Å²) in [5, 5.41) is 2.83. The molecule has 1 heterocycles. The number of hydrogen-bond donors (Lipinski definition) is 2. The minimum Gasteiger partial charge on any atom is -0.457 e. The summed E-state index contributed by atoms with van der Waals surface area (Å²) < 4.78 is 5.73. The quantitative estimate of drug-likeness (QED) is 0.519. The number of aromatic amines is 1. The van der Waals surface area contributed by atoms with Crippen LogP contribution in [0.4, 0.5) is 5.69 Å². The molecule has 4 rings (SSSR count). The van der Waals surface area contributed by atoms with Crippen LogP contribution in [0, 0.1) is 0 Å². The van der Waals surface area contributed by atoms with Gasteiger partial charge in [-0.05, 0) is 48.5 Å². The van der Waals surface area contributed by atoms with Crippen molar-refractivity contribution in [2.45, 2.75) is 12.8 Å². The molecule has 29 heavy (non-hydrogen) atoms. The number of aryl methyl sites for hydroxylation is 1. The molecule has 0 atom stereocenters. The van der Waals surface area contributed by atoms with Crippen molar-refractivity contribution >= 4 is 22.6 Å². The average molecular weight is 385 g/mol. The molecule has 0 bridgehead atoms. The van der Waals surface area contributed by atoms with Crippen LogP contribution in [-0.2, 0) is 11.2 Å². The van der Waals surface area contributed by atoms with Crippen molar-refractivity contribution in [1.29, 1.82) is 0 Å². The highest BCUT2D eigenvalue weighted by Crippen LogP contribution is 2.22. The van der Waals surface area contributed by atoms with Gasteiger partial charge in [0.05, 0.1) is 11.0 Å². The molecule has 6 heteroatoms. The first-order chi connectivity index (χ1) is 14.2. The summed E-state index contributed by atoms with van der Waals surface area (Å²) in [5.74, 6) is 1.24. The molecule has 6 nitrogen and oxygen atoms in total. The maximum atomic E-state index is 12.3. The van der Waals surface area contributed by atoms with E-state index in [1.165, 1.54) is 0 Å². The van der Waals surface area contributed by atoms with E-state index in [0.29, 0.717) is 28.2 Å². The lowest BCUT2D eigenvalue weighted by Crippen LogP contribution is -2.18. The predicted octanol–water partition coefficient (Wildman–Crippen LogP) is 4.29. The highest BCUT2D eigenvalue weighted by Gasteiger charge is 2.09. The van der Waals surface area contributed by atoms with Crippen LogP contribution in [0.5, 0.6) is 11.5 Å². The number of ether oxygens (including phenoxy) is 1. The molecule has 3 aromatic carbocycles.